The SMILES string of the molecule is CCCn1ccnc1C(=O)c1ccn(C)n1. The van der Waals surface area contributed by atoms with Crippen LogP contribution >= 0.6 is 0 Å². The second kappa shape index (κ2) is 4.30. The summed E-state index contributed by atoms with van der Waals surface area (Å²) >= 11 is 0. The Morgan fingerprint density at radius 2 is 2.25 bits per heavy atom. The first-order valence-corrected chi connectivity index (χ1v) is 5.28. The van der Waals surface area contributed by atoms with Crippen molar-refractivity contribution < 1.29 is 4.79 Å². The highest BCUT2D eigenvalue weighted by Crippen LogP contribution is 2.06. The molecule has 0 fully saturated rings. The molecule has 0 unspecified atom stereocenters. The summed E-state index contributed by atoms with van der Waals surface area (Å²) in [6.45, 7) is 2.86. The Balaban J connectivity index is 2.30. The van der Waals surface area contributed by atoms with Crippen LogP contribution in [0.2, 0.25) is 0 Å². The monoisotopic (exact) mass is 218 g/mol. The molecular weight excluding hydrogens is 204 g/mol. The van der Waals surface area contributed by atoms with Crippen molar-refractivity contribution in [2.75, 3.05) is 0 Å². The number of aromatic nitrogens is 4. The third-order valence-electron chi connectivity index (χ3n) is 2.33. The number of hydrogen-bond donors (Lipinski definition) is 0. The molecule has 0 radical (unpaired) electrons. The molecule has 0 amide bonds. The van der Waals surface area contributed by atoms with Gasteiger partial charge in [-0.2, -0.15) is 5.10 Å². The van der Waals surface area contributed by atoms with Gasteiger partial charge in [0.1, 0.15) is 5.69 Å². The Kier molecular flexibility index (Phi) is 2.85. The Morgan fingerprint density at radius 1 is 1.44 bits per heavy atom. The van der Waals surface area contributed by atoms with Crippen molar-refractivity contribution in [3.05, 3.63) is 36.2 Å². The maximum absolute atomic E-state index is 12.1. The molecule has 0 aliphatic heterocycles. The largest absolute Gasteiger partial charge is 0.328 e. The van der Waals surface area contributed by atoms with Gasteiger partial charge in [-0.05, 0) is 12.5 Å². The van der Waals surface area contributed by atoms with Gasteiger partial charge in [0.25, 0.3) is 0 Å². The van der Waals surface area contributed by atoms with Crippen LogP contribution in [0.25, 0.3) is 0 Å². The number of rotatable bonds is 4. The summed E-state index contributed by atoms with van der Waals surface area (Å²) in [6, 6.07) is 1.70. The van der Waals surface area contributed by atoms with Crippen molar-refractivity contribution >= 4 is 5.78 Å². The predicted octanol–water partition coefficient (Wildman–Crippen LogP) is 1.26. The first-order valence-electron chi connectivity index (χ1n) is 5.28. The topological polar surface area (TPSA) is 52.7 Å². The third kappa shape index (κ3) is 1.88. The zero-order valence-corrected chi connectivity index (χ0v) is 9.42. The minimum atomic E-state index is -0.126. The molecular formula is C11H14N4O. The standard InChI is InChI=1S/C11H14N4O/c1-3-6-15-8-5-12-11(15)10(16)9-4-7-14(2)13-9/h4-5,7-8H,3,6H2,1-2H3. The van der Waals surface area contributed by atoms with Gasteiger partial charge in [0.2, 0.25) is 5.78 Å². The summed E-state index contributed by atoms with van der Waals surface area (Å²) in [4.78, 5) is 16.1. The average molecular weight is 218 g/mol. The molecule has 0 N–H and O–H groups in total. The van der Waals surface area contributed by atoms with Crippen LogP contribution in [0, 0.1) is 0 Å². The van der Waals surface area contributed by atoms with E-state index in [1.54, 1.807) is 30.2 Å². The summed E-state index contributed by atoms with van der Waals surface area (Å²) in [5, 5.41) is 4.08. The van der Waals surface area contributed by atoms with E-state index in [9.17, 15) is 4.79 Å². The van der Waals surface area contributed by atoms with E-state index < -0.39 is 0 Å². The highest BCUT2D eigenvalue weighted by Gasteiger charge is 2.16. The fourth-order valence-electron chi connectivity index (χ4n) is 1.59. The number of ketones is 1. The lowest BCUT2D eigenvalue weighted by atomic mass is 10.2. The molecule has 0 atom stereocenters. The fourth-order valence-corrected chi connectivity index (χ4v) is 1.59. The molecule has 2 aromatic heterocycles. The van der Waals surface area contributed by atoms with Crippen LogP contribution in [0.15, 0.2) is 24.7 Å². The summed E-state index contributed by atoms with van der Waals surface area (Å²) in [5.74, 6) is 0.333. The van der Waals surface area contributed by atoms with Crippen LogP contribution in [-0.4, -0.2) is 25.1 Å². The van der Waals surface area contributed by atoms with Gasteiger partial charge in [0.05, 0.1) is 0 Å². The van der Waals surface area contributed by atoms with E-state index in [2.05, 4.69) is 17.0 Å². The van der Waals surface area contributed by atoms with Gasteiger partial charge in [0.15, 0.2) is 5.82 Å². The van der Waals surface area contributed by atoms with Crippen molar-refractivity contribution in [1.82, 2.24) is 19.3 Å². The van der Waals surface area contributed by atoms with Gasteiger partial charge < -0.3 is 4.57 Å². The minimum absolute atomic E-state index is 0.126. The molecule has 16 heavy (non-hydrogen) atoms. The Morgan fingerprint density at radius 3 is 2.88 bits per heavy atom. The van der Waals surface area contributed by atoms with E-state index in [0.717, 1.165) is 13.0 Å². The van der Waals surface area contributed by atoms with Crippen molar-refractivity contribution in [1.29, 1.82) is 0 Å². The van der Waals surface area contributed by atoms with Gasteiger partial charge in [-0.25, -0.2) is 4.98 Å². The quantitative estimate of drug-likeness (QED) is 0.726. The molecule has 2 aromatic rings. The smallest absolute Gasteiger partial charge is 0.248 e. The summed E-state index contributed by atoms with van der Waals surface area (Å²) in [7, 11) is 1.79. The van der Waals surface area contributed by atoms with Crippen LogP contribution < -0.4 is 0 Å². The van der Waals surface area contributed by atoms with E-state index in [1.165, 1.54) is 0 Å². The van der Waals surface area contributed by atoms with Gasteiger partial charge in [-0.3, -0.25) is 9.48 Å². The average Bonchev–Trinajstić information content (AvgIpc) is 2.87. The van der Waals surface area contributed by atoms with Crippen LogP contribution in [0.3, 0.4) is 0 Å². The van der Waals surface area contributed by atoms with Gasteiger partial charge >= 0.3 is 0 Å². The molecule has 0 saturated carbocycles. The number of carbonyl (C=O) groups is 1. The van der Waals surface area contributed by atoms with Crippen molar-refractivity contribution in [2.45, 2.75) is 19.9 Å². The number of nitrogens with zero attached hydrogens (tertiary/aromatic N) is 4. The summed E-state index contributed by atoms with van der Waals surface area (Å²) in [6.07, 6.45) is 6.19. The highest BCUT2D eigenvalue weighted by molar-refractivity contribution is 6.05. The second-order valence-electron chi connectivity index (χ2n) is 3.65. The third-order valence-corrected chi connectivity index (χ3v) is 2.33. The minimum Gasteiger partial charge on any atom is -0.328 e. The summed E-state index contributed by atoms with van der Waals surface area (Å²) in [5.41, 5.74) is 0.436. The molecule has 2 heterocycles. The molecule has 2 rings (SSSR count). The first kappa shape index (κ1) is 10.6. The lowest BCUT2D eigenvalue weighted by Crippen LogP contribution is -2.12. The zero-order valence-electron chi connectivity index (χ0n) is 9.42. The Hall–Kier alpha value is -1.91. The van der Waals surface area contributed by atoms with Crippen molar-refractivity contribution in [3.63, 3.8) is 0 Å². The fraction of sp³-hybridized carbons (Fsp3) is 0.364. The molecule has 0 aliphatic carbocycles. The van der Waals surface area contributed by atoms with Crippen LogP contribution in [0.1, 0.15) is 29.7 Å². The molecule has 0 bridgehead atoms. The van der Waals surface area contributed by atoms with Crippen LogP contribution in [0.4, 0.5) is 0 Å². The number of carbonyl (C=O) groups excluding carboxylic acids is 1. The van der Waals surface area contributed by atoms with E-state index in [0.29, 0.717) is 11.5 Å². The number of hydrogen-bond acceptors (Lipinski definition) is 3. The second-order valence-corrected chi connectivity index (χ2v) is 3.65. The van der Waals surface area contributed by atoms with E-state index >= 15 is 0 Å². The highest BCUT2D eigenvalue weighted by atomic mass is 16.1. The van der Waals surface area contributed by atoms with Crippen molar-refractivity contribution in [2.24, 2.45) is 7.05 Å². The normalized spacial score (nSPS) is 10.6. The maximum atomic E-state index is 12.1. The number of aryl methyl sites for hydroxylation is 2. The van der Waals surface area contributed by atoms with Crippen LogP contribution in [-0.2, 0) is 13.6 Å². The van der Waals surface area contributed by atoms with E-state index in [1.807, 2.05) is 10.8 Å². The molecule has 0 aromatic carbocycles. The Labute approximate surface area is 93.7 Å². The molecule has 0 aliphatic rings. The molecule has 5 heteroatoms. The lowest BCUT2D eigenvalue weighted by molar-refractivity contribution is 0.102. The molecule has 0 saturated heterocycles. The van der Waals surface area contributed by atoms with Crippen LogP contribution in [0.5, 0.6) is 0 Å². The predicted molar refractivity (Wildman–Crippen MR) is 59.2 cm³/mol. The van der Waals surface area contributed by atoms with E-state index in [4.69, 9.17) is 0 Å². The van der Waals surface area contributed by atoms with E-state index in [-0.39, 0.29) is 5.78 Å². The Bertz CT molecular complexity index is 498. The molecule has 84 valence electrons. The zero-order chi connectivity index (χ0) is 11.5. The molecule has 0 spiro atoms. The van der Waals surface area contributed by atoms with Gasteiger partial charge in [0, 0.05) is 32.2 Å². The first-order chi connectivity index (χ1) is 7.72. The van der Waals surface area contributed by atoms with Gasteiger partial charge in [-0.15, -0.1) is 0 Å². The van der Waals surface area contributed by atoms with Crippen molar-refractivity contribution in [3.8, 4) is 0 Å². The number of imidazole rings is 1. The molecule has 5 nitrogen and oxygen atoms in total. The van der Waals surface area contributed by atoms with Gasteiger partial charge in [-0.1, -0.05) is 6.92 Å². The summed E-state index contributed by atoms with van der Waals surface area (Å²) < 4.78 is 3.47. The lowest BCUT2D eigenvalue weighted by Gasteiger charge is -2.03. The maximum Gasteiger partial charge on any atom is 0.248 e.